The van der Waals surface area contributed by atoms with Gasteiger partial charge in [0.15, 0.2) is 0 Å². The lowest BCUT2D eigenvalue weighted by Gasteiger charge is -2.35. The Bertz CT molecular complexity index is 999. The molecular formula is C28H44N4O7. The topological polar surface area (TPSA) is 157 Å². The van der Waals surface area contributed by atoms with E-state index in [-0.39, 0.29) is 39.0 Å². The Hall–Kier alpha value is -3.63. The molecule has 1 rings (SSSR count). The van der Waals surface area contributed by atoms with Crippen LogP contribution in [0.4, 0.5) is 4.79 Å². The van der Waals surface area contributed by atoms with Gasteiger partial charge in [-0.25, -0.2) is 4.79 Å². The van der Waals surface area contributed by atoms with E-state index >= 15 is 0 Å². The Balaban J connectivity index is 3.47. The number of rotatable bonds is 14. The quantitative estimate of drug-likeness (QED) is 0.302. The first kappa shape index (κ1) is 33.4. The lowest BCUT2D eigenvalue weighted by molar-refractivity contribution is -0.144. The summed E-state index contributed by atoms with van der Waals surface area (Å²) in [4.78, 5) is 65.0. The van der Waals surface area contributed by atoms with Crippen LogP contribution < -0.4 is 16.4 Å². The third-order valence-corrected chi connectivity index (χ3v) is 5.73. The average Bonchev–Trinajstić information content (AvgIpc) is 2.81. The molecule has 1 aromatic rings. The number of carbonyl (C=O) groups excluding carboxylic acids is 5. The summed E-state index contributed by atoms with van der Waals surface area (Å²) in [5, 5.41) is 5.32. The van der Waals surface area contributed by atoms with Crippen LogP contribution in [-0.2, 0) is 28.7 Å². The molecule has 2 unspecified atom stereocenters. The number of primary amides is 1. The fourth-order valence-corrected chi connectivity index (χ4v) is 4.11. The number of aryl methyl sites for hydroxylation is 2. The lowest BCUT2D eigenvalue weighted by Crippen LogP contribution is -2.53. The van der Waals surface area contributed by atoms with Crippen LogP contribution in [-0.4, -0.2) is 66.0 Å². The standard InChI is InChI=1S/C28H44N4O7/c1-8-17-32(26(36)20(13-14-21(29)33)31-27(37)39-28(5,6)7)24(23-18(3)11-10-12-19(23)4)25(35)30-16-15-22(34)38-9-2/h10-12,20,24H,8-9,13-17H2,1-7H3,(H2,29,33)(H,30,35)(H,31,37). The van der Waals surface area contributed by atoms with Gasteiger partial charge in [-0.1, -0.05) is 25.1 Å². The predicted octanol–water partition coefficient (Wildman–Crippen LogP) is 2.81. The van der Waals surface area contributed by atoms with E-state index in [2.05, 4.69) is 10.6 Å². The molecule has 0 bridgehead atoms. The second-order valence-corrected chi connectivity index (χ2v) is 10.3. The molecule has 0 saturated heterocycles. The lowest BCUT2D eigenvalue weighted by atomic mass is 9.93. The largest absolute Gasteiger partial charge is 0.466 e. The first-order chi connectivity index (χ1) is 18.2. The molecule has 0 aliphatic heterocycles. The summed E-state index contributed by atoms with van der Waals surface area (Å²) in [6.45, 7) is 12.8. The van der Waals surface area contributed by atoms with Crippen molar-refractivity contribution in [2.75, 3.05) is 19.7 Å². The molecule has 0 radical (unpaired) electrons. The first-order valence-corrected chi connectivity index (χ1v) is 13.3. The van der Waals surface area contributed by atoms with Crippen LogP contribution >= 0.6 is 0 Å². The van der Waals surface area contributed by atoms with Crippen molar-refractivity contribution < 1.29 is 33.4 Å². The summed E-state index contributed by atoms with van der Waals surface area (Å²) in [7, 11) is 0. The molecule has 0 aromatic heterocycles. The Morgan fingerprint density at radius 1 is 1.03 bits per heavy atom. The molecule has 0 heterocycles. The van der Waals surface area contributed by atoms with E-state index in [1.807, 2.05) is 39.0 Å². The second kappa shape index (κ2) is 15.7. The van der Waals surface area contributed by atoms with Gasteiger partial charge in [0.2, 0.25) is 17.7 Å². The fraction of sp³-hybridized carbons (Fsp3) is 0.607. The minimum absolute atomic E-state index is 0.0223. The van der Waals surface area contributed by atoms with Crippen molar-refractivity contribution in [1.82, 2.24) is 15.5 Å². The average molecular weight is 549 g/mol. The van der Waals surface area contributed by atoms with Gasteiger partial charge in [-0.3, -0.25) is 19.2 Å². The maximum absolute atomic E-state index is 14.0. The Kier molecular flexibility index (Phi) is 13.4. The van der Waals surface area contributed by atoms with Gasteiger partial charge in [0.1, 0.15) is 17.7 Å². The molecule has 0 spiro atoms. The third kappa shape index (κ3) is 11.3. The van der Waals surface area contributed by atoms with Crippen molar-refractivity contribution in [2.24, 2.45) is 5.73 Å². The van der Waals surface area contributed by atoms with Crippen molar-refractivity contribution in [1.29, 1.82) is 0 Å². The van der Waals surface area contributed by atoms with Crippen LogP contribution in [0.2, 0.25) is 0 Å². The number of nitrogens with one attached hydrogen (secondary N) is 2. The van der Waals surface area contributed by atoms with Gasteiger partial charge in [-0.15, -0.1) is 0 Å². The van der Waals surface area contributed by atoms with Crippen molar-refractivity contribution in [3.63, 3.8) is 0 Å². The minimum atomic E-state index is -1.17. The van der Waals surface area contributed by atoms with Gasteiger partial charge < -0.3 is 30.7 Å². The van der Waals surface area contributed by atoms with Crippen LogP contribution in [0.1, 0.15) is 83.0 Å². The van der Waals surface area contributed by atoms with Crippen molar-refractivity contribution in [2.45, 2.75) is 91.8 Å². The maximum Gasteiger partial charge on any atom is 0.408 e. The normalized spacial score (nSPS) is 12.6. The minimum Gasteiger partial charge on any atom is -0.466 e. The zero-order valence-corrected chi connectivity index (χ0v) is 24.2. The molecule has 39 heavy (non-hydrogen) atoms. The number of amides is 4. The van der Waals surface area contributed by atoms with E-state index in [4.69, 9.17) is 15.2 Å². The van der Waals surface area contributed by atoms with Gasteiger partial charge in [0.25, 0.3) is 0 Å². The monoisotopic (exact) mass is 548 g/mol. The molecule has 0 aliphatic rings. The van der Waals surface area contributed by atoms with E-state index in [9.17, 15) is 24.0 Å². The number of hydrogen-bond donors (Lipinski definition) is 3. The highest BCUT2D eigenvalue weighted by molar-refractivity contribution is 5.93. The highest BCUT2D eigenvalue weighted by Crippen LogP contribution is 2.29. The van der Waals surface area contributed by atoms with Gasteiger partial charge >= 0.3 is 12.1 Å². The van der Waals surface area contributed by atoms with E-state index < -0.39 is 47.5 Å². The highest BCUT2D eigenvalue weighted by atomic mass is 16.6. The maximum atomic E-state index is 14.0. The molecule has 218 valence electrons. The summed E-state index contributed by atoms with van der Waals surface area (Å²) in [5.74, 6) is -2.12. The van der Waals surface area contributed by atoms with Gasteiger partial charge in [0, 0.05) is 19.5 Å². The molecule has 0 aliphatic carbocycles. The summed E-state index contributed by atoms with van der Waals surface area (Å²) < 4.78 is 10.3. The van der Waals surface area contributed by atoms with Gasteiger partial charge in [-0.05, 0) is 71.1 Å². The van der Waals surface area contributed by atoms with E-state index in [0.717, 1.165) is 11.1 Å². The van der Waals surface area contributed by atoms with E-state index in [0.29, 0.717) is 12.0 Å². The van der Waals surface area contributed by atoms with Crippen LogP contribution in [0.3, 0.4) is 0 Å². The number of carbonyl (C=O) groups is 5. The molecule has 4 amide bonds. The Morgan fingerprint density at radius 3 is 2.15 bits per heavy atom. The zero-order valence-electron chi connectivity index (χ0n) is 24.2. The molecular weight excluding hydrogens is 504 g/mol. The molecule has 1 aromatic carbocycles. The van der Waals surface area contributed by atoms with E-state index in [1.165, 1.54) is 4.90 Å². The number of esters is 1. The molecule has 11 heteroatoms. The van der Waals surface area contributed by atoms with Crippen LogP contribution in [0.25, 0.3) is 0 Å². The van der Waals surface area contributed by atoms with Gasteiger partial charge in [-0.2, -0.15) is 0 Å². The first-order valence-electron chi connectivity index (χ1n) is 13.3. The number of nitrogens with zero attached hydrogens (tertiary/aromatic N) is 1. The van der Waals surface area contributed by atoms with Gasteiger partial charge in [0.05, 0.1) is 13.0 Å². The smallest absolute Gasteiger partial charge is 0.408 e. The number of nitrogens with two attached hydrogens (primary N) is 1. The van der Waals surface area contributed by atoms with Crippen LogP contribution in [0.15, 0.2) is 18.2 Å². The molecule has 4 N–H and O–H groups in total. The number of benzene rings is 1. The Morgan fingerprint density at radius 2 is 1.64 bits per heavy atom. The Labute approximate surface area is 231 Å². The molecule has 0 saturated carbocycles. The third-order valence-electron chi connectivity index (χ3n) is 5.73. The number of ether oxygens (including phenoxy) is 2. The SMILES string of the molecule is CCCN(C(=O)C(CCC(N)=O)NC(=O)OC(C)(C)C)C(C(=O)NCCC(=O)OCC)c1c(C)cccc1C. The number of hydrogen-bond acceptors (Lipinski definition) is 7. The summed E-state index contributed by atoms with van der Waals surface area (Å²) in [6.07, 6.45) is -0.575. The van der Waals surface area contributed by atoms with Crippen LogP contribution in [0.5, 0.6) is 0 Å². The van der Waals surface area contributed by atoms with E-state index in [1.54, 1.807) is 27.7 Å². The van der Waals surface area contributed by atoms with Crippen molar-refractivity contribution in [3.05, 3.63) is 34.9 Å². The molecule has 2 atom stereocenters. The predicted molar refractivity (Wildman–Crippen MR) is 147 cm³/mol. The van der Waals surface area contributed by atoms with Crippen LogP contribution in [0, 0.1) is 13.8 Å². The summed E-state index contributed by atoms with van der Waals surface area (Å²) in [6, 6.07) is 3.32. The molecule has 0 fully saturated rings. The second-order valence-electron chi connectivity index (χ2n) is 10.3. The highest BCUT2D eigenvalue weighted by Gasteiger charge is 2.37. The molecule has 11 nitrogen and oxygen atoms in total. The summed E-state index contributed by atoms with van der Waals surface area (Å²) in [5.41, 5.74) is 6.75. The van der Waals surface area contributed by atoms with Crippen molar-refractivity contribution >= 4 is 29.8 Å². The number of alkyl carbamates (subject to hydrolysis) is 1. The zero-order chi connectivity index (χ0) is 29.8. The van der Waals surface area contributed by atoms with Crippen molar-refractivity contribution in [3.8, 4) is 0 Å². The summed E-state index contributed by atoms with van der Waals surface area (Å²) >= 11 is 0. The fourth-order valence-electron chi connectivity index (χ4n) is 4.11.